The lowest BCUT2D eigenvalue weighted by molar-refractivity contribution is -0.156. The van der Waals surface area contributed by atoms with Crippen molar-refractivity contribution in [2.45, 2.75) is 25.4 Å². The average Bonchev–Trinajstić information content (AvgIpc) is 2.88. The summed E-state index contributed by atoms with van der Waals surface area (Å²) in [6.07, 6.45) is 1.61. The van der Waals surface area contributed by atoms with Crippen molar-refractivity contribution < 1.29 is 14.7 Å². The fraction of sp³-hybridized carbons (Fsp3) is 0.571. The molecule has 1 aromatic heterocycles. The summed E-state index contributed by atoms with van der Waals surface area (Å²) in [4.78, 5) is 27.7. The van der Waals surface area contributed by atoms with Gasteiger partial charge in [-0.05, 0) is 17.9 Å². The second-order valence-electron chi connectivity index (χ2n) is 5.36. The number of aliphatic hydroxyl groups is 1. The summed E-state index contributed by atoms with van der Waals surface area (Å²) >= 11 is 1.36. The molecule has 5 nitrogen and oxygen atoms in total. The van der Waals surface area contributed by atoms with Crippen LogP contribution >= 0.6 is 11.3 Å². The van der Waals surface area contributed by atoms with E-state index in [2.05, 4.69) is 0 Å². The highest BCUT2D eigenvalue weighted by molar-refractivity contribution is 7.12. The zero-order valence-corrected chi connectivity index (χ0v) is 12.7. The van der Waals surface area contributed by atoms with Crippen molar-refractivity contribution in [2.24, 2.45) is 0 Å². The largest absolute Gasteiger partial charge is 0.386 e. The zero-order chi connectivity index (χ0) is 14.8. The van der Waals surface area contributed by atoms with Gasteiger partial charge >= 0.3 is 0 Å². The Bertz CT molecular complexity index is 481. The smallest absolute Gasteiger partial charge is 0.264 e. The molecule has 0 aromatic carbocycles. The van der Waals surface area contributed by atoms with Gasteiger partial charge in [0.15, 0.2) is 0 Å². The number of amides is 2. The number of β-amino-alcohol motifs (C(OH)–C–C–N with tert-alkyl or cyclic N) is 1. The van der Waals surface area contributed by atoms with Gasteiger partial charge < -0.3 is 14.9 Å². The fourth-order valence-electron chi connectivity index (χ4n) is 2.43. The molecule has 1 saturated heterocycles. The van der Waals surface area contributed by atoms with Crippen LogP contribution in [-0.2, 0) is 4.79 Å². The molecule has 2 rings (SSSR count). The maximum atomic E-state index is 12.0. The molecule has 20 heavy (non-hydrogen) atoms. The predicted molar refractivity (Wildman–Crippen MR) is 77.7 cm³/mol. The molecule has 2 heterocycles. The summed E-state index contributed by atoms with van der Waals surface area (Å²) in [6.45, 7) is 2.82. The first-order valence-corrected chi connectivity index (χ1v) is 7.62. The lowest BCUT2D eigenvalue weighted by Crippen LogP contribution is -2.64. The van der Waals surface area contributed by atoms with Crippen LogP contribution in [0, 0.1) is 0 Å². The Morgan fingerprint density at radius 1 is 1.50 bits per heavy atom. The first kappa shape index (κ1) is 15.0. The van der Waals surface area contributed by atoms with Crippen LogP contribution in [0.2, 0.25) is 0 Å². The number of rotatable bonds is 5. The molecule has 1 N–H and O–H groups in total. The minimum atomic E-state index is -0.721. The number of hydrogen-bond acceptors (Lipinski definition) is 4. The highest BCUT2D eigenvalue weighted by Gasteiger charge is 2.42. The third kappa shape index (κ3) is 3.19. The van der Waals surface area contributed by atoms with E-state index in [1.807, 2.05) is 18.4 Å². The molecule has 110 valence electrons. The number of thiophene rings is 1. The number of nitrogens with zero attached hydrogens (tertiary/aromatic N) is 2. The van der Waals surface area contributed by atoms with E-state index >= 15 is 0 Å². The van der Waals surface area contributed by atoms with Crippen molar-refractivity contribution in [3.63, 3.8) is 0 Å². The predicted octanol–water partition coefficient (Wildman–Crippen LogP) is 1.19. The summed E-state index contributed by atoms with van der Waals surface area (Å²) in [7, 11) is 1.62. The Morgan fingerprint density at radius 2 is 2.20 bits per heavy atom. The van der Waals surface area contributed by atoms with Crippen molar-refractivity contribution in [1.29, 1.82) is 0 Å². The number of likely N-dealkylation sites (tertiary alicyclic amines) is 1. The number of carbonyl (C=O) groups is 2. The van der Waals surface area contributed by atoms with Gasteiger partial charge in [-0.2, -0.15) is 0 Å². The molecule has 0 bridgehead atoms. The molecule has 1 aliphatic heterocycles. The van der Waals surface area contributed by atoms with Crippen LogP contribution < -0.4 is 0 Å². The van der Waals surface area contributed by atoms with E-state index in [9.17, 15) is 14.7 Å². The van der Waals surface area contributed by atoms with E-state index in [4.69, 9.17) is 0 Å². The monoisotopic (exact) mass is 296 g/mol. The summed E-state index contributed by atoms with van der Waals surface area (Å²) in [6, 6.07) is 3.56. The third-order valence-corrected chi connectivity index (χ3v) is 4.35. The maximum absolute atomic E-state index is 12.0. The Morgan fingerprint density at radius 3 is 2.75 bits per heavy atom. The first-order valence-electron chi connectivity index (χ1n) is 6.74. The van der Waals surface area contributed by atoms with Gasteiger partial charge in [0.1, 0.15) is 0 Å². The molecular weight excluding hydrogens is 276 g/mol. The van der Waals surface area contributed by atoms with Crippen molar-refractivity contribution in [2.75, 3.05) is 26.7 Å². The number of likely N-dealkylation sites (N-methyl/N-ethyl adjacent to an activating group) is 1. The average molecular weight is 296 g/mol. The van der Waals surface area contributed by atoms with Crippen LogP contribution in [-0.4, -0.2) is 59.0 Å². The van der Waals surface area contributed by atoms with Gasteiger partial charge in [0.25, 0.3) is 5.91 Å². The van der Waals surface area contributed by atoms with Gasteiger partial charge in [-0.3, -0.25) is 9.59 Å². The maximum Gasteiger partial charge on any atom is 0.264 e. The van der Waals surface area contributed by atoms with Crippen LogP contribution in [0.25, 0.3) is 0 Å². The van der Waals surface area contributed by atoms with Crippen LogP contribution in [0.4, 0.5) is 0 Å². The second kappa shape index (κ2) is 5.93. The zero-order valence-electron chi connectivity index (χ0n) is 11.8. The number of hydrogen-bond donors (Lipinski definition) is 1. The topological polar surface area (TPSA) is 60.9 Å². The standard InChI is InChI=1S/C14H20N2O3S/c1-3-6-14(19)9-16(10-14)12(17)8-15(2)13(18)11-5-4-7-20-11/h4-5,7,19H,3,6,8-10H2,1-2H3. The normalized spacial score (nSPS) is 16.6. The van der Waals surface area contributed by atoms with Gasteiger partial charge in [0, 0.05) is 7.05 Å². The van der Waals surface area contributed by atoms with Crippen molar-refractivity contribution in [1.82, 2.24) is 9.80 Å². The fourth-order valence-corrected chi connectivity index (χ4v) is 3.14. The van der Waals surface area contributed by atoms with E-state index in [-0.39, 0.29) is 18.4 Å². The van der Waals surface area contributed by atoms with E-state index in [0.717, 1.165) is 6.42 Å². The second-order valence-corrected chi connectivity index (χ2v) is 6.31. The minimum absolute atomic E-state index is 0.0545. The highest BCUT2D eigenvalue weighted by atomic mass is 32.1. The van der Waals surface area contributed by atoms with E-state index in [1.165, 1.54) is 16.2 Å². The van der Waals surface area contributed by atoms with Crippen molar-refractivity contribution >= 4 is 23.2 Å². The summed E-state index contributed by atoms with van der Waals surface area (Å²) in [5.74, 6) is -0.254. The molecular formula is C14H20N2O3S. The first-order chi connectivity index (χ1) is 9.45. The van der Waals surface area contributed by atoms with Crippen molar-refractivity contribution in [3.05, 3.63) is 22.4 Å². The SMILES string of the molecule is CCCC1(O)CN(C(=O)CN(C)C(=O)c2cccs2)C1. The molecule has 0 saturated carbocycles. The lowest BCUT2D eigenvalue weighted by atomic mass is 9.89. The van der Waals surface area contributed by atoms with Crippen molar-refractivity contribution in [3.8, 4) is 0 Å². The molecule has 0 unspecified atom stereocenters. The van der Waals surface area contributed by atoms with Gasteiger partial charge in [0.2, 0.25) is 5.91 Å². The molecule has 0 aliphatic carbocycles. The Balaban J connectivity index is 1.82. The molecule has 6 heteroatoms. The summed E-state index contributed by atoms with van der Waals surface area (Å²) < 4.78 is 0. The van der Waals surface area contributed by atoms with Gasteiger partial charge in [-0.15, -0.1) is 11.3 Å². The molecule has 0 radical (unpaired) electrons. The van der Waals surface area contributed by atoms with E-state index < -0.39 is 5.60 Å². The number of carbonyl (C=O) groups excluding carboxylic acids is 2. The van der Waals surface area contributed by atoms with E-state index in [0.29, 0.717) is 24.4 Å². The Labute approximate surface area is 122 Å². The van der Waals surface area contributed by atoms with Crippen LogP contribution in [0.1, 0.15) is 29.4 Å². The quantitative estimate of drug-likeness (QED) is 0.888. The van der Waals surface area contributed by atoms with Crippen LogP contribution in [0.5, 0.6) is 0 Å². The van der Waals surface area contributed by atoms with Gasteiger partial charge in [-0.25, -0.2) is 0 Å². The Kier molecular flexibility index (Phi) is 4.45. The van der Waals surface area contributed by atoms with Crippen LogP contribution in [0.15, 0.2) is 17.5 Å². The molecule has 1 aliphatic rings. The third-order valence-electron chi connectivity index (χ3n) is 3.49. The lowest BCUT2D eigenvalue weighted by Gasteiger charge is -2.46. The molecule has 2 amide bonds. The molecule has 1 aromatic rings. The molecule has 0 atom stereocenters. The van der Waals surface area contributed by atoms with E-state index in [1.54, 1.807) is 18.0 Å². The van der Waals surface area contributed by atoms with Gasteiger partial charge in [-0.1, -0.05) is 19.4 Å². The minimum Gasteiger partial charge on any atom is -0.386 e. The van der Waals surface area contributed by atoms with Crippen LogP contribution in [0.3, 0.4) is 0 Å². The summed E-state index contributed by atoms with van der Waals surface area (Å²) in [5.41, 5.74) is -0.721. The molecule has 1 fully saturated rings. The molecule has 0 spiro atoms. The summed E-state index contributed by atoms with van der Waals surface area (Å²) in [5, 5.41) is 11.9. The van der Waals surface area contributed by atoms with Gasteiger partial charge in [0.05, 0.1) is 30.1 Å². The highest BCUT2D eigenvalue weighted by Crippen LogP contribution is 2.25. The Hall–Kier alpha value is -1.40.